The van der Waals surface area contributed by atoms with Gasteiger partial charge in [0.1, 0.15) is 5.75 Å². The van der Waals surface area contributed by atoms with Crippen LogP contribution in [0.1, 0.15) is 62.6 Å². The molecule has 0 radical (unpaired) electrons. The molecule has 1 heterocycles. The highest BCUT2D eigenvalue weighted by molar-refractivity contribution is 5.97. The summed E-state index contributed by atoms with van der Waals surface area (Å²) in [5.74, 6) is 0.356. The van der Waals surface area contributed by atoms with Gasteiger partial charge in [-0.2, -0.15) is 0 Å². The van der Waals surface area contributed by atoms with Gasteiger partial charge in [-0.15, -0.1) is 0 Å². The lowest BCUT2D eigenvalue weighted by Crippen LogP contribution is -2.33. The molecule has 2 rings (SSSR count). The maximum atomic E-state index is 12.2. The Balaban J connectivity index is 2.35. The summed E-state index contributed by atoms with van der Waals surface area (Å²) in [5, 5.41) is 11.8. The maximum absolute atomic E-state index is 12.2. The maximum Gasteiger partial charge on any atom is 0.273 e. The molecule has 1 aliphatic heterocycles. The fourth-order valence-electron chi connectivity index (χ4n) is 2.98. The van der Waals surface area contributed by atoms with Crippen molar-refractivity contribution in [2.24, 2.45) is 0 Å². The number of phenols is 1. The summed E-state index contributed by atoms with van der Waals surface area (Å²) >= 11 is 0. The smallest absolute Gasteiger partial charge is 0.273 e. The van der Waals surface area contributed by atoms with Crippen molar-refractivity contribution >= 4 is 12.0 Å². The van der Waals surface area contributed by atoms with Crippen LogP contribution in [0.15, 0.2) is 17.7 Å². The third-order valence-electron chi connectivity index (χ3n) is 4.45. The molecule has 1 saturated heterocycles. The number of carbonyl (C=O) groups excluding carboxylic acids is 1. The first-order valence-electron chi connectivity index (χ1n) is 9.03. The standard InChI is InChI=1S/C20H29NO3/c1-4-6-8-16-12-15(13-17(19(16)22)9-7-5-2)14-18-10-11-24-21(3)20(18)23/h12-14,22H,4-11H2,1-3H3/b18-14+. The van der Waals surface area contributed by atoms with E-state index in [2.05, 4.69) is 13.8 Å². The minimum atomic E-state index is -0.0838. The van der Waals surface area contributed by atoms with Gasteiger partial charge < -0.3 is 5.11 Å². The molecule has 1 aliphatic rings. The van der Waals surface area contributed by atoms with Gasteiger partial charge in [-0.3, -0.25) is 9.63 Å². The summed E-state index contributed by atoms with van der Waals surface area (Å²) in [6.45, 7) is 4.83. The summed E-state index contributed by atoms with van der Waals surface area (Å²) in [6.07, 6.45) is 8.60. The lowest BCUT2D eigenvalue weighted by atomic mass is 9.95. The zero-order valence-corrected chi connectivity index (χ0v) is 15.1. The van der Waals surface area contributed by atoms with Crippen LogP contribution in [0.5, 0.6) is 5.75 Å². The largest absolute Gasteiger partial charge is 0.507 e. The molecule has 0 saturated carbocycles. The van der Waals surface area contributed by atoms with E-state index < -0.39 is 0 Å². The predicted molar refractivity (Wildman–Crippen MR) is 96.6 cm³/mol. The number of aryl methyl sites for hydroxylation is 2. The molecule has 0 spiro atoms. The van der Waals surface area contributed by atoms with Crippen LogP contribution in [0.3, 0.4) is 0 Å². The topological polar surface area (TPSA) is 49.8 Å². The van der Waals surface area contributed by atoms with Crippen molar-refractivity contribution in [3.8, 4) is 5.75 Å². The van der Waals surface area contributed by atoms with Gasteiger partial charge in [-0.1, -0.05) is 26.7 Å². The summed E-state index contributed by atoms with van der Waals surface area (Å²) in [6, 6.07) is 4.05. The van der Waals surface area contributed by atoms with E-state index in [-0.39, 0.29) is 5.91 Å². The van der Waals surface area contributed by atoms with Gasteiger partial charge in [-0.25, -0.2) is 5.06 Å². The molecule has 1 aromatic rings. The molecule has 132 valence electrons. The van der Waals surface area contributed by atoms with Crippen LogP contribution in [-0.4, -0.2) is 29.7 Å². The number of carbonyl (C=O) groups is 1. The normalized spacial score (nSPS) is 16.9. The van der Waals surface area contributed by atoms with Gasteiger partial charge >= 0.3 is 0 Å². The molecule has 1 aromatic carbocycles. The molecule has 0 atom stereocenters. The number of likely N-dealkylation sites (N-methyl/N-ethyl adjacent to an activating group) is 1. The Labute approximate surface area is 145 Å². The number of unbranched alkanes of at least 4 members (excludes halogenated alkanes) is 2. The van der Waals surface area contributed by atoms with Crippen molar-refractivity contribution in [1.82, 2.24) is 5.06 Å². The van der Waals surface area contributed by atoms with Crippen molar-refractivity contribution in [1.29, 1.82) is 0 Å². The second-order valence-corrected chi connectivity index (χ2v) is 6.45. The van der Waals surface area contributed by atoms with Crippen LogP contribution in [-0.2, 0) is 22.5 Å². The molecule has 0 unspecified atom stereocenters. The molecule has 0 aromatic heterocycles. The number of rotatable bonds is 7. The van der Waals surface area contributed by atoms with E-state index >= 15 is 0 Å². The number of nitrogens with zero attached hydrogens (tertiary/aromatic N) is 1. The van der Waals surface area contributed by atoms with Crippen molar-refractivity contribution < 1.29 is 14.7 Å². The average Bonchev–Trinajstić information content (AvgIpc) is 2.57. The summed E-state index contributed by atoms with van der Waals surface area (Å²) in [5.41, 5.74) is 3.75. The van der Waals surface area contributed by atoms with E-state index in [4.69, 9.17) is 4.84 Å². The first kappa shape index (κ1) is 18.5. The minimum absolute atomic E-state index is 0.0838. The molecule has 0 aliphatic carbocycles. The molecular formula is C20H29NO3. The lowest BCUT2D eigenvalue weighted by molar-refractivity contribution is -0.180. The predicted octanol–water partition coefficient (Wildman–Crippen LogP) is 4.25. The van der Waals surface area contributed by atoms with Crippen molar-refractivity contribution in [3.63, 3.8) is 0 Å². The Bertz CT molecular complexity index is 578. The Morgan fingerprint density at radius 2 is 1.75 bits per heavy atom. The third kappa shape index (κ3) is 4.60. The van der Waals surface area contributed by atoms with Crippen LogP contribution < -0.4 is 0 Å². The molecule has 0 bridgehead atoms. The average molecular weight is 331 g/mol. The second kappa shape index (κ2) is 8.88. The Hall–Kier alpha value is -1.81. The van der Waals surface area contributed by atoms with Crippen LogP contribution in [0.4, 0.5) is 0 Å². The van der Waals surface area contributed by atoms with Crippen LogP contribution in [0.25, 0.3) is 6.08 Å². The molecule has 1 N–H and O–H groups in total. The summed E-state index contributed by atoms with van der Waals surface area (Å²) in [7, 11) is 1.64. The SMILES string of the molecule is CCCCc1cc(/C=C2\CCON(C)C2=O)cc(CCCC)c1O. The van der Waals surface area contributed by atoms with Crippen LogP contribution in [0.2, 0.25) is 0 Å². The Morgan fingerprint density at radius 1 is 1.17 bits per heavy atom. The Morgan fingerprint density at radius 3 is 2.29 bits per heavy atom. The lowest BCUT2D eigenvalue weighted by Gasteiger charge is -2.23. The molecule has 4 heteroatoms. The zero-order valence-electron chi connectivity index (χ0n) is 15.1. The molecule has 4 nitrogen and oxygen atoms in total. The third-order valence-corrected chi connectivity index (χ3v) is 4.45. The molecular weight excluding hydrogens is 302 g/mol. The number of benzene rings is 1. The van der Waals surface area contributed by atoms with Gasteiger partial charge in [0.15, 0.2) is 0 Å². The highest BCUT2D eigenvalue weighted by Crippen LogP contribution is 2.29. The van der Waals surface area contributed by atoms with Gasteiger partial charge in [0.2, 0.25) is 0 Å². The molecule has 1 amide bonds. The van der Waals surface area contributed by atoms with Crippen molar-refractivity contribution in [3.05, 3.63) is 34.4 Å². The van der Waals surface area contributed by atoms with E-state index in [1.54, 1.807) is 7.05 Å². The fraction of sp³-hybridized carbons (Fsp3) is 0.550. The molecule has 24 heavy (non-hydrogen) atoms. The highest BCUT2D eigenvalue weighted by atomic mass is 16.7. The van der Waals surface area contributed by atoms with E-state index in [0.29, 0.717) is 18.8 Å². The first-order chi connectivity index (χ1) is 11.6. The van der Waals surface area contributed by atoms with Gasteiger partial charge in [0.25, 0.3) is 5.91 Å². The first-order valence-corrected chi connectivity index (χ1v) is 9.03. The van der Waals surface area contributed by atoms with Gasteiger partial charge in [-0.05, 0) is 60.6 Å². The summed E-state index contributed by atoms with van der Waals surface area (Å²) in [4.78, 5) is 17.4. The van der Waals surface area contributed by atoms with Gasteiger partial charge in [0.05, 0.1) is 6.61 Å². The number of phenolic OH excluding ortho intramolecular Hbond substituents is 1. The van der Waals surface area contributed by atoms with E-state index in [0.717, 1.165) is 60.8 Å². The van der Waals surface area contributed by atoms with E-state index in [9.17, 15) is 9.90 Å². The fourth-order valence-corrected chi connectivity index (χ4v) is 2.98. The van der Waals surface area contributed by atoms with E-state index in [1.165, 1.54) is 5.06 Å². The van der Waals surface area contributed by atoms with Crippen LogP contribution in [0, 0.1) is 0 Å². The number of amides is 1. The number of aromatic hydroxyl groups is 1. The number of hydrogen-bond acceptors (Lipinski definition) is 3. The van der Waals surface area contributed by atoms with E-state index in [1.807, 2.05) is 18.2 Å². The number of hydroxylamine groups is 2. The molecule has 1 fully saturated rings. The quantitative estimate of drug-likeness (QED) is 0.760. The minimum Gasteiger partial charge on any atom is -0.507 e. The second-order valence-electron chi connectivity index (χ2n) is 6.45. The summed E-state index contributed by atoms with van der Waals surface area (Å²) < 4.78 is 0. The van der Waals surface area contributed by atoms with Crippen molar-refractivity contribution in [2.75, 3.05) is 13.7 Å². The number of hydrogen-bond donors (Lipinski definition) is 1. The van der Waals surface area contributed by atoms with Gasteiger partial charge in [0, 0.05) is 19.0 Å². The monoisotopic (exact) mass is 331 g/mol. The Kier molecular flexibility index (Phi) is 6.85. The van der Waals surface area contributed by atoms with Crippen LogP contribution >= 0.6 is 0 Å². The highest BCUT2D eigenvalue weighted by Gasteiger charge is 2.21. The van der Waals surface area contributed by atoms with Crippen molar-refractivity contribution in [2.45, 2.75) is 58.8 Å². The zero-order chi connectivity index (χ0) is 17.5.